The predicted octanol–water partition coefficient (Wildman–Crippen LogP) is 4.66. The first-order valence-electron chi connectivity index (χ1n) is 10.0. The molecule has 0 unspecified atom stereocenters. The van der Waals surface area contributed by atoms with Crippen molar-refractivity contribution in [1.82, 2.24) is 4.90 Å². The standard InChI is InChI=1S/C23H28F2N2O/c1-3-23(28)27(21-10-8-20(25)9-11-21)22-13-15-26(16-17(22)2)14-12-18-4-6-19(24)7-5-18/h4-11,17,22H,3,12-16H2,1-2H3/t17-,22-/m0/s1. The van der Waals surface area contributed by atoms with Crippen LogP contribution in [0.25, 0.3) is 0 Å². The van der Waals surface area contributed by atoms with Gasteiger partial charge >= 0.3 is 0 Å². The molecular formula is C23H28F2N2O. The molecule has 0 N–H and O–H groups in total. The molecule has 0 saturated carbocycles. The van der Waals surface area contributed by atoms with Crippen molar-refractivity contribution in [1.29, 1.82) is 0 Å². The van der Waals surface area contributed by atoms with Gasteiger partial charge in [-0.15, -0.1) is 0 Å². The highest BCUT2D eigenvalue weighted by molar-refractivity contribution is 5.93. The van der Waals surface area contributed by atoms with Crippen molar-refractivity contribution in [3.8, 4) is 0 Å². The van der Waals surface area contributed by atoms with Gasteiger partial charge in [-0.05, 0) is 60.7 Å². The van der Waals surface area contributed by atoms with Crippen molar-refractivity contribution < 1.29 is 13.6 Å². The second-order valence-electron chi connectivity index (χ2n) is 7.60. The van der Waals surface area contributed by atoms with Crippen molar-refractivity contribution in [2.24, 2.45) is 5.92 Å². The lowest BCUT2D eigenvalue weighted by Crippen LogP contribution is -2.52. The maximum atomic E-state index is 13.3. The van der Waals surface area contributed by atoms with Crippen molar-refractivity contribution in [3.05, 3.63) is 65.7 Å². The Morgan fingerprint density at radius 3 is 2.25 bits per heavy atom. The number of likely N-dealkylation sites (tertiary alicyclic amines) is 1. The van der Waals surface area contributed by atoms with Gasteiger partial charge < -0.3 is 9.80 Å². The van der Waals surface area contributed by atoms with Crippen molar-refractivity contribution >= 4 is 11.6 Å². The topological polar surface area (TPSA) is 23.6 Å². The summed E-state index contributed by atoms with van der Waals surface area (Å²) < 4.78 is 26.4. The molecule has 3 rings (SSSR count). The molecule has 0 radical (unpaired) electrons. The van der Waals surface area contributed by atoms with E-state index < -0.39 is 0 Å². The highest BCUT2D eigenvalue weighted by atomic mass is 19.1. The first-order chi connectivity index (χ1) is 13.5. The Labute approximate surface area is 166 Å². The Bertz CT molecular complexity index is 776. The number of carbonyl (C=O) groups excluding carboxylic acids is 1. The van der Waals surface area contributed by atoms with Gasteiger partial charge in [-0.2, -0.15) is 0 Å². The number of piperidine rings is 1. The van der Waals surface area contributed by atoms with Crippen LogP contribution in [0.15, 0.2) is 48.5 Å². The molecule has 0 spiro atoms. The zero-order valence-electron chi connectivity index (χ0n) is 16.6. The summed E-state index contributed by atoms with van der Waals surface area (Å²) in [5.41, 5.74) is 1.90. The molecule has 3 nitrogen and oxygen atoms in total. The molecule has 0 aromatic heterocycles. The summed E-state index contributed by atoms with van der Waals surface area (Å²) in [5.74, 6) is -0.123. The van der Waals surface area contributed by atoms with E-state index in [2.05, 4.69) is 11.8 Å². The minimum absolute atomic E-state index is 0.0724. The summed E-state index contributed by atoms with van der Waals surface area (Å²) in [6.45, 7) is 6.77. The van der Waals surface area contributed by atoms with E-state index in [0.717, 1.165) is 43.7 Å². The van der Waals surface area contributed by atoms with Crippen LogP contribution in [0.3, 0.4) is 0 Å². The fraction of sp³-hybridized carbons (Fsp3) is 0.435. The van der Waals surface area contributed by atoms with Gasteiger partial charge in [0.25, 0.3) is 0 Å². The molecule has 1 saturated heterocycles. The Kier molecular flexibility index (Phi) is 6.79. The largest absolute Gasteiger partial charge is 0.309 e. The molecule has 2 atom stereocenters. The molecular weight excluding hydrogens is 358 g/mol. The Balaban J connectivity index is 1.64. The summed E-state index contributed by atoms with van der Waals surface area (Å²) in [7, 11) is 0. The summed E-state index contributed by atoms with van der Waals surface area (Å²) in [5, 5.41) is 0. The molecule has 5 heteroatoms. The zero-order chi connectivity index (χ0) is 20.1. The van der Waals surface area contributed by atoms with Crippen LogP contribution in [0.2, 0.25) is 0 Å². The van der Waals surface area contributed by atoms with Crippen LogP contribution in [0, 0.1) is 17.6 Å². The summed E-state index contributed by atoms with van der Waals surface area (Å²) in [4.78, 5) is 16.9. The molecule has 1 fully saturated rings. The van der Waals surface area contributed by atoms with Crippen LogP contribution in [0.4, 0.5) is 14.5 Å². The van der Waals surface area contributed by atoms with Gasteiger partial charge in [-0.1, -0.05) is 26.0 Å². The summed E-state index contributed by atoms with van der Waals surface area (Å²) in [6.07, 6.45) is 2.19. The van der Waals surface area contributed by atoms with E-state index in [0.29, 0.717) is 12.3 Å². The fourth-order valence-corrected chi connectivity index (χ4v) is 4.04. The van der Waals surface area contributed by atoms with Crippen LogP contribution >= 0.6 is 0 Å². The average Bonchev–Trinajstić information content (AvgIpc) is 2.70. The first-order valence-corrected chi connectivity index (χ1v) is 10.0. The molecule has 0 bridgehead atoms. The van der Waals surface area contributed by atoms with Crippen LogP contribution in [-0.2, 0) is 11.2 Å². The van der Waals surface area contributed by atoms with E-state index in [1.165, 1.54) is 24.3 Å². The highest BCUT2D eigenvalue weighted by Gasteiger charge is 2.33. The minimum atomic E-state index is -0.295. The van der Waals surface area contributed by atoms with E-state index >= 15 is 0 Å². The third kappa shape index (κ3) is 4.96. The van der Waals surface area contributed by atoms with E-state index in [9.17, 15) is 13.6 Å². The zero-order valence-corrected chi connectivity index (χ0v) is 16.6. The SMILES string of the molecule is CCC(=O)N(c1ccc(F)cc1)[C@H]1CCN(CCc2ccc(F)cc2)C[C@@H]1C. The number of hydrogen-bond donors (Lipinski definition) is 0. The number of halogens is 2. The van der Waals surface area contributed by atoms with E-state index in [4.69, 9.17) is 0 Å². The van der Waals surface area contributed by atoms with E-state index in [1.807, 2.05) is 24.0 Å². The number of hydrogen-bond acceptors (Lipinski definition) is 2. The van der Waals surface area contributed by atoms with Crippen molar-refractivity contribution in [2.75, 3.05) is 24.5 Å². The average molecular weight is 386 g/mol. The van der Waals surface area contributed by atoms with Crippen LogP contribution in [-0.4, -0.2) is 36.5 Å². The third-order valence-corrected chi connectivity index (χ3v) is 5.58. The highest BCUT2D eigenvalue weighted by Crippen LogP contribution is 2.28. The molecule has 1 amide bonds. The number of carbonyl (C=O) groups is 1. The number of benzene rings is 2. The lowest BCUT2D eigenvalue weighted by Gasteiger charge is -2.42. The number of amides is 1. The quantitative estimate of drug-likeness (QED) is 0.721. The monoisotopic (exact) mass is 386 g/mol. The van der Waals surface area contributed by atoms with Crippen LogP contribution in [0.5, 0.6) is 0 Å². The minimum Gasteiger partial charge on any atom is -0.309 e. The molecule has 2 aromatic carbocycles. The smallest absolute Gasteiger partial charge is 0.226 e. The van der Waals surface area contributed by atoms with E-state index in [-0.39, 0.29) is 23.6 Å². The maximum absolute atomic E-state index is 13.3. The Morgan fingerprint density at radius 1 is 1.07 bits per heavy atom. The summed E-state index contributed by atoms with van der Waals surface area (Å²) in [6, 6.07) is 13.0. The van der Waals surface area contributed by atoms with Crippen molar-refractivity contribution in [2.45, 2.75) is 39.2 Å². The Hall–Kier alpha value is -2.27. The van der Waals surface area contributed by atoms with Gasteiger partial charge in [0.1, 0.15) is 11.6 Å². The third-order valence-electron chi connectivity index (χ3n) is 5.58. The van der Waals surface area contributed by atoms with Gasteiger partial charge in [-0.3, -0.25) is 4.79 Å². The van der Waals surface area contributed by atoms with Crippen molar-refractivity contribution in [3.63, 3.8) is 0 Å². The van der Waals surface area contributed by atoms with Gasteiger partial charge in [0, 0.05) is 37.8 Å². The second kappa shape index (κ2) is 9.28. The molecule has 1 aliphatic rings. The molecule has 150 valence electrons. The van der Waals surface area contributed by atoms with E-state index in [1.54, 1.807) is 12.1 Å². The molecule has 1 aliphatic heterocycles. The number of anilines is 1. The lowest BCUT2D eigenvalue weighted by atomic mass is 9.91. The first kappa shape index (κ1) is 20.5. The second-order valence-corrected chi connectivity index (χ2v) is 7.60. The molecule has 1 heterocycles. The van der Waals surface area contributed by atoms with Gasteiger partial charge in [0.2, 0.25) is 5.91 Å². The molecule has 2 aromatic rings. The van der Waals surface area contributed by atoms with Gasteiger partial charge in [-0.25, -0.2) is 8.78 Å². The molecule has 28 heavy (non-hydrogen) atoms. The Morgan fingerprint density at radius 2 is 1.68 bits per heavy atom. The van der Waals surface area contributed by atoms with Crippen LogP contribution in [0.1, 0.15) is 32.3 Å². The lowest BCUT2D eigenvalue weighted by molar-refractivity contribution is -0.119. The number of rotatable bonds is 6. The maximum Gasteiger partial charge on any atom is 0.226 e. The molecule has 0 aliphatic carbocycles. The van der Waals surface area contributed by atoms with Gasteiger partial charge in [0.15, 0.2) is 0 Å². The summed E-state index contributed by atoms with van der Waals surface area (Å²) >= 11 is 0. The van der Waals surface area contributed by atoms with Gasteiger partial charge in [0.05, 0.1) is 0 Å². The fourth-order valence-electron chi connectivity index (χ4n) is 4.04. The predicted molar refractivity (Wildman–Crippen MR) is 108 cm³/mol. The normalized spacial score (nSPS) is 20.1. The number of nitrogens with zero attached hydrogens (tertiary/aromatic N) is 2. The van der Waals surface area contributed by atoms with Crippen LogP contribution < -0.4 is 4.90 Å².